The smallest absolute Gasteiger partial charge is 0.673 e. The maximum Gasteiger partial charge on any atom is 1.00 e. The zero-order chi connectivity index (χ0) is 7.56. The molecule has 0 saturated carbocycles. The molecule has 1 rings (SSSR count). The first-order chi connectivity index (χ1) is 4.74. The Morgan fingerprint density at radius 3 is 2.55 bits per heavy atom. The van der Waals surface area contributed by atoms with E-state index in [0.717, 1.165) is 16.3 Å². The Bertz CT molecular complexity index is 242. The molecule has 0 aliphatic rings. The predicted molar refractivity (Wildman–Crippen MR) is 45.1 cm³/mol. The first-order valence-corrected chi connectivity index (χ1v) is 3.62. The van der Waals surface area contributed by atoms with Crippen LogP contribution in [0.1, 0.15) is 5.56 Å². The van der Waals surface area contributed by atoms with Crippen molar-refractivity contribution in [1.29, 1.82) is 0 Å². The van der Waals surface area contributed by atoms with Gasteiger partial charge in [-0.05, 0) is 30.7 Å². The average molecular weight is 197 g/mol. The number of benzene rings is 1. The minimum absolute atomic E-state index is 0. The van der Waals surface area contributed by atoms with E-state index in [1.807, 2.05) is 19.1 Å². The van der Waals surface area contributed by atoms with E-state index in [-0.39, 0.29) is 29.6 Å². The second-order valence-electron chi connectivity index (χ2n) is 2.01. The largest absolute Gasteiger partial charge is 1.00 e. The molecule has 1 aromatic rings. The van der Waals surface area contributed by atoms with Crippen molar-refractivity contribution >= 4 is 21.1 Å². The Kier molecular flexibility index (Phi) is 5.76. The molecule has 0 spiro atoms. The maximum absolute atomic E-state index is 5.70. The first kappa shape index (κ1) is 11.7. The molecular weight excluding hydrogens is 189 g/mol. The third-order valence-corrected chi connectivity index (χ3v) is 1.70. The summed E-state index contributed by atoms with van der Waals surface area (Å²) in [4.78, 5) is 0. The fourth-order valence-corrected chi connectivity index (χ4v) is 1.18. The molecule has 0 fully saturated rings. The molecule has 4 heteroatoms. The van der Waals surface area contributed by atoms with E-state index in [9.17, 15) is 0 Å². The van der Waals surface area contributed by atoms with Crippen LogP contribution in [-0.2, 0) is 0 Å². The van der Waals surface area contributed by atoms with E-state index in [0.29, 0.717) is 0 Å². The Labute approximate surface area is 96.0 Å². The van der Waals surface area contributed by atoms with Crippen LogP contribution in [0.3, 0.4) is 0 Å². The van der Waals surface area contributed by atoms with Crippen molar-refractivity contribution in [1.82, 2.24) is 0 Å². The Hall–Kier alpha value is 0.740. The molecule has 0 aliphatic heterocycles. The minimum Gasteiger partial charge on any atom is -0.673 e. The number of halogens is 1. The van der Waals surface area contributed by atoms with Gasteiger partial charge in [-0.1, -0.05) is 11.6 Å². The van der Waals surface area contributed by atoms with Gasteiger partial charge in [-0.25, -0.2) is 0 Å². The van der Waals surface area contributed by atoms with Crippen LogP contribution < -0.4 is 34.1 Å². The van der Waals surface area contributed by atoms with Gasteiger partial charge >= 0.3 is 29.6 Å². The van der Waals surface area contributed by atoms with Gasteiger partial charge in [-0.2, -0.15) is 0 Å². The summed E-state index contributed by atoms with van der Waals surface area (Å²) >= 11 is 5.70. The van der Waals surface area contributed by atoms with Gasteiger partial charge in [0, 0.05) is 5.02 Å². The third-order valence-electron chi connectivity index (χ3n) is 1.25. The Balaban J connectivity index is 0.000001000. The summed E-state index contributed by atoms with van der Waals surface area (Å²) in [6.45, 7) is 1.93. The molecule has 11 heavy (non-hydrogen) atoms. The van der Waals surface area contributed by atoms with E-state index in [2.05, 4.69) is 9.47 Å². The van der Waals surface area contributed by atoms with Crippen molar-refractivity contribution in [3.63, 3.8) is 0 Å². The van der Waals surface area contributed by atoms with Crippen molar-refractivity contribution < 1.29 is 34.1 Å². The van der Waals surface area contributed by atoms with Crippen molar-refractivity contribution in [3.8, 4) is 5.75 Å². The second-order valence-corrected chi connectivity index (χ2v) is 2.65. The fourth-order valence-electron chi connectivity index (χ4n) is 0.727. The van der Waals surface area contributed by atoms with E-state index >= 15 is 0 Å². The van der Waals surface area contributed by atoms with E-state index in [4.69, 9.17) is 16.1 Å². The van der Waals surface area contributed by atoms with Crippen LogP contribution in [0.5, 0.6) is 5.75 Å². The van der Waals surface area contributed by atoms with Gasteiger partial charge in [0.05, 0.1) is 5.75 Å². The molecule has 0 radical (unpaired) electrons. The van der Waals surface area contributed by atoms with E-state index < -0.39 is 0 Å². The van der Waals surface area contributed by atoms with Gasteiger partial charge in [-0.15, -0.1) is 0 Å². The van der Waals surface area contributed by atoms with Crippen molar-refractivity contribution in [2.45, 2.75) is 6.92 Å². The van der Waals surface area contributed by atoms with Crippen molar-refractivity contribution in [3.05, 3.63) is 28.8 Å². The fraction of sp³-hybridized carbons (Fsp3) is 0.143. The number of hydrogen-bond acceptors (Lipinski definition) is 1. The summed E-state index contributed by atoms with van der Waals surface area (Å²) in [6.07, 6.45) is 0. The van der Waals surface area contributed by atoms with Crippen LogP contribution in [-0.4, -0.2) is 0 Å². The molecule has 0 atom stereocenters. The van der Waals surface area contributed by atoms with Gasteiger partial charge < -0.3 is 14.0 Å². The summed E-state index contributed by atoms with van der Waals surface area (Å²) < 4.78 is 4.85. The van der Waals surface area contributed by atoms with Crippen LogP contribution in [0.25, 0.3) is 0 Å². The monoisotopic (exact) mass is 196 g/mol. The standard InChI is InChI=1S/C7H7ClOP.Na/c1-5-4-6(8)2-3-7(5)9-10;/h2-4,10H,1H3;/q-1;+1. The van der Waals surface area contributed by atoms with Crippen LogP contribution >= 0.6 is 21.1 Å². The molecule has 0 aromatic heterocycles. The van der Waals surface area contributed by atoms with Crippen LogP contribution in [0.15, 0.2) is 18.2 Å². The van der Waals surface area contributed by atoms with Gasteiger partial charge in [-0.3, -0.25) is 0 Å². The summed E-state index contributed by atoms with van der Waals surface area (Å²) in [5, 5.41) is 0.727. The molecule has 0 heterocycles. The number of aryl methyl sites for hydroxylation is 1. The Morgan fingerprint density at radius 2 is 2.09 bits per heavy atom. The quantitative estimate of drug-likeness (QED) is 0.457. The minimum atomic E-state index is 0. The topological polar surface area (TPSA) is 9.23 Å². The molecule has 1 nitrogen and oxygen atoms in total. The summed E-state index contributed by atoms with van der Waals surface area (Å²) in [7, 11) is 2.94. The number of hydrogen-bond donors (Lipinski definition) is 0. The van der Waals surface area contributed by atoms with Gasteiger partial charge in [0.15, 0.2) is 0 Å². The summed E-state index contributed by atoms with van der Waals surface area (Å²) in [5.41, 5.74) is 1.02. The molecule has 0 N–H and O–H groups in total. The van der Waals surface area contributed by atoms with Crippen LogP contribution in [0, 0.1) is 6.92 Å². The zero-order valence-electron chi connectivity index (χ0n) is 6.52. The van der Waals surface area contributed by atoms with E-state index in [1.54, 1.807) is 6.07 Å². The van der Waals surface area contributed by atoms with Crippen LogP contribution in [0.2, 0.25) is 5.02 Å². The molecule has 54 valence electrons. The molecule has 0 aliphatic carbocycles. The SMILES string of the molecule is Cc1cc(Cl)ccc1O[PH-].[Na+]. The normalized spacial score (nSPS) is 8.64. The molecule has 1 aromatic carbocycles. The first-order valence-electron chi connectivity index (χ1n) is 2.84. The van der Waals surface area contributed by atoms with Crippen molar-refractivity contribution in [2.24, 2.45) is 0 Å². The number of rotatable bonds is 1. The van der Waals surface area contributed by atoms with Crippen LogP contribution in [0.4, 0.5) is 0 Å². The van der Waals surface area contributed by atoms with Gasteiger partial charge in [0.1, 0.15) is 0 Å². The average Bonchev–Trinajstić information content (AvgIpc) is 1.88. The third kappa shape index (κ3) is 3.31. The Morgan fingerprint density at radius 1 is 1.45 bits per heavy atom. The molecule has 0 saturated heterocycles. The zero-order valence-corrected chi connectivity index (χ0v) is 10.3. The maximum atomic E-state index is 5.70. The van der Waals surface area contributed by atoms with Gasteiger partial charge in [0.2, 0.25) is 0 Å². The molecule has 0 amide bonds. The van der Waals surface area contributed by atoms with Gasteiger partial charge in [0.25, 0.3) is 0 Å². The summed E-state index contributed by atoms with van der Waals surface area (Å²) in [6, 6.07) is 5.44. The van der Waals surface area contributed by atoms with Crippen molar-refractivity contribution in [2.75, 3.05) is 0 Å². The molecular formula is C7H7ClNaOP. The summed E-state index contributed by atoms with van der Waals surface area (Å²) in [5.74, 6) is 0.793. The second kappa shape index (κ2) is 5.40. The molecule has 0 bridgehead atoms. The van der Waals surface area contributed by atoms with E-state index in [1.165, 1.54) is 0 Å². The molecule has 0 unspecified atom stereocenters. The predicted octanol–water partition coefficient (Wildman–Crippen LogP) is 0.0890.